The number of likely N-dealkylation sites (tertiary alicyclic amines) is 1. The number of imide groups is 1. The van der Waals surface area contributed by atoms with Gasteiger partial charge in [-0.3, -0.25) is 19.3 Å². The van der Waals surface area contributed by atoms with Gasteiger partial charge < -0.3 is 9.47 Å². The molecule has 186 valence electrons. The molecule has 2 heterocycles. The standard InChI is InChI=1S/C29H30N2O5/c1-3-17-35-23-16-15-21(18-24(23)34-4-2)26-25-27(36-31(26)22-13-9-6-10-14-22)29(33)30(28(25)32)19-20-11-7-5-8-12-20/h5-16,18,25-27H,3-4,17,19H2,1-2H3/t25-,26+,27-/m1/s1. The van der Waals surface area contributed by atoms with Crippen molar-refractivity contribution in [1.82, 2.24) is 4.90 Å². The zero-order valence-corrected chi connectivity index (χ0v) is 20.5. The lowest BCUT2D eigenvalue weighted by Crippen LogP contribution is -2.36. The van der Waals surface area contributed by atoms with Crippen LogP contribution in [0.15, 0.2) is 78.9 Å². The first-order valence-corrected chi connectivity index (χ1v) is 12.4. The third-order valence-electron chi connectivity index (χ3n) is 6.47. The van der Waals surface area contributed by atoms with Crippen LogP contribution in [0.2, 0.25) is 0 Å². The third kappa shape index (κ3) is 4.42. The number of benzene rings is 3. The first kappa shape index (κ1) is 23.9. The minimum Gasteiger partial charge on any atom is -0.490 e. The van der Waals surface area contributed by atoms with Gasteiger partial charge in [0.15, 0.2) is 17.6 Å². The summed E-state index contributed by atoms with van der Waals surface area (Å²) in [6, 6.07) is 24.3. The second-order valence-electron chi connectivity index (χ2n) is 8.89. The zero-order chi connectivity index (χ0) is 25.1. The van der Waals surface area contributed by atoms with E-state index in [4.69, 9.17) is 14.3 Å². The number of hydrogen-bond acceptors (Lipinski definition) is 6. The predicted molar refractivity (Wildman–Crippen MR) is 135 cm³/mol. The average Bonchev–Trinajstić information content (AvgIpc) is 3.41. The van der Waals surface area contributed by atoms with Crippen molar-refractivity contribution in [2.45, 2.75) is 39.0 Å². The van der Waals surface area contributed by atoms with E-state index in [0.717, 1.165) is 23.2 Å². The van der Waals surface area contributed by atoms with Gasteiger partial charge in [0.1, 0.15) is 5.92 Å². The topological polar surface area (TPSA) is 68.3 Å². The summed E-state index contributed by atoms with van der Waals surface area (Å²) in [6.45, 7) is 5.24. The van der Waals surface area contributed by atoms with E-state index >= 15 is 0 Å². The number of ether oxygens (including phenoxy) is 2. The number of para-hydroxylation sites is 1. The Hall–Kier alpha value is -3.84. The number of carbonyl (C=O) groups is 2. The highest BCUT2D eigenvalue weighted by molar-refractivity contribution is 6.07. The summed E-state index contributed by atoms with van der Waals surface area (Å²) >= 11 is 0. The van der Waals surface area contributed by atoms with Gasteiger partial charge in [-0.25, -0.2) is 5.06 Å². The summed E-state index contributed by atoms with van der Waals surface area (Å²) < 4.78 is 11.8. The fourth-order valence-corrected chi connectivity index (χ4v) is 4.84. The second kappa shape index (κ2) is 10.4. The number of amides is 2. The first-order valence-electron chi connectivity index (χ1n) is 12.4. The number of hydroxylamine groups is 1. The molecule has 7 nitrogen and oxygen atoms in total. The molecule has 2 amide bonds. The molecule has 7 heteroatoms. The summed E-state index contributed by atoms with van der Waals surface area (Å²) in [5.74, 6) is 0.0339. The molecular formula is C29H30N2O5. The van der Waals surface area contributed by atoms with E-state index in [2.05, 4.69) is 0 Å². The number of carbonyl (C=O) groups excluding carboxylic acids is 2. The van der Waals surface area contributed by atoms with Crippen molar-refractivity contribution in [2.24, 2.45) is 5.92 Å². The lowest BCUT2D eigenvalue weighted by atomic mass is 9.90. The van der Waals surface area contributed by atoms with Crippen molar-refractivity contribution in [3.8, 4) is 11.5 Å². The lowest BCUT2D eigenvalue weighted by molar-refractivity contribution is -0.143. The lowest BCUT2D eigenvalue weighted by Gasteiger charge is -2.29. The Morgan fingerprint density at radius 1 is 0.833 bits per heavy atom. The van der Waals surface area contributed by atoms with Gasteiger partial charge in [-0.2, -0.15) is 0 Å². The highest BCUT2D eigenvalue weighted by Crippen LogP contribution is 2.48. The van der Waals surface area contributed by atoms with E-state index in [1.54, 1.807) is 5.06 Å². The monoisotopic (exact) mass is 486 g/mol. The van der Waals surface area contributed by atoms with Crippen molar-refractivity contribution >= 4 is 17.5 Å². The van der Waals surface area contributed by atoms with Gasteiger partial charge in [0, 0.05) is 0 Å². The number of fused-ring (bicyclic) bond motifs is 1. The van der Waals surface area contributed by atoms with Crippen LogP contribution in [0.4, 0.5) is 5.69 Å². The Morgan fingerprint density at radius 3 is 2.25 bits per heavy atom. The van der Waals surface area contributed by atoms with Crippen molar-refractivity contribution in [3.05, 3.63) is 90.0 Å². The molecule has 0 radical (unpaired) electrons. The highest BCUT2D eigenvalue weighted by atomic mass is 16.7. The molecule has 2 aliphatic rings. The normalized spacial score (nSPS) is 21.1. The van der Waals surface area contributed by atoms with Crippen molar-refractivity contribution in [2.75, 3.05) is 18.3 Å². The fourth-order valence-electron chi connectivity index (χ4n) is 4.84. The molecule has 0 bridgehead atoms. The van der Waals surface area contributed by atoms with E-state index in [-0.39, 0.29) is 18.4 Å². The molecule has 0 unspecified atom stereocenters. The quantitative estimate of drug-likeness (QED) is 0.400. The van der Waals surface area contributed by atoms with Crippen molar-refractivity contribution in [3.63, 3.8) is 0 Å². The summed E-state index contributed by atoms with van der Waals surface area (Å²) in [5.41, 5.74) is 2.49. The molecule has 2 aliphatic heterocycles. The summed E-state index contributed by atoms with van der Waals surface area (Å²) in [5, 5.41) is 1.70. The summed E-state index contributed by atoms with van der Waals surface area (Å²) in [7, 11) is 0. The molecular weight excluding hydrogens is 456 g/mol. The third-order valence-corrected chi connectivity index (χ3v) is 6.47. The Bertz CT molecular complexity index is 1220. The molecule has 0 aromatic heterocycles. The van der Waals surface area contributed by atoms with E-state index in [1.807, 2.05) is 92.7 Å². The van der Waals surface area contributed by atoms with Gasteiger partial charge in [0.2, 0.25) is 5.91 Å². The van der Waals surface area contributed by atoms with Crippen LogP contribution in [-0.4, -0.2) is 36.0 Å². The maximum absolute atomic E-state index is 13.7. The second-order valence-corrected chi connectivity index (χ2v) is 8.89. The first-order chi connectivity index (χ1) is 17.6. The number of anilines is 1. The molecule has 36 heavy (non-hydrogen) atoms. The van der Waals surface area contributed by atoms with Gasteiger partial charge in [-0.05, 0) is 48.7 Å². The molecule has 2 saturated heterocycles. The average molecular weight is 487 g/mol. The van der Waals surface area contributed by atoms with Crippen LogP contribution in [0.1, 0.15) is 37.4 Å². The van der Waals surface area contributed by atoms with Crippen LogP contribution < -0.4 is 14.5 Å². The van der Waals surface area contributed by atoms with E-state index < -0.39 is 18.1 Å². The molecule has 0 spiro atoms. The maximum Gasteiger partial charge on any atom is 0.262 e. The van der Waals surface area contributed by atoms with E-state index in [9.17, 15) is 9.59 Å². The molecule has 0 aliphatic carbocycles. The van der Waals surface area contributed by atoms with Crippen LogP contribution in [0.3, 0.4) is 0 Å². The summed E-state index contributed by atoms with van der Waals surface area (Å²) in [6.07, 6.45) is -0.0126. The van der Waals surface area contributed by atoms with Crippen LogP contribution in [0, 0.1) is 5.92 Å². The number of nitrogens with zero attached hydrogens (tertiary/aromatic N) is 2. The Morgan fingerprint density at radius 2 is 1.56 bits per heavy atom. The van der Waals surface area contributed by atoms with Gasteiger partial charge in [-0.15, -0.1) is 0 Å². The van der Waals surface area contributed by atoms with Gasteiger partial charge in [-0.1, -0.05) is 61.5 Å². The Kier molecular flexibility index (Phi) is 6.91. The predicted octanol–water partition coefficient (Wildman–Crippen LogP) is 4.92. The number of hydrogen-bond donors (Lipinski definition) is 0. The molecule has 0 saturated carbocycles. The molecule has 0 N–H and O–H groups in total. The van der Waals surface area contributed by atoms with Gasteiger partial charge in [0.25, 0.3) is 5.91 Å². The summed E-state index contributed by atoms with van der Waals surface area (Å²) in [4.78, 5) is 34.7. The van der Waals surface area contributed by atoms with Crippen LogP contribution in [-0.2, 0) is 21.0 Å². The Balaban J connectivity index is 1.53. The van der Waals surface area contributed by atoms with Gasteiger partial charge in [0.05, 0.1) is 31.5 Å². The molecule has 3 atom stereocenters. The van der Waals surface area contributed by atoms with Gasteiger partial charge >= 0.3 is 0 Å². The molecule has 3 aromatic carbocycles. The Labute approximate surface area is 211 Å². The van der Waals surface area contributed by atoms with E-state index in [0.29, 0.717) is 24.7 Å². The van der Waals surface area contributed by atoms with Crippen molar-refractivity contribution in [1.29, 1.82) is 0 Å². The largest absolute Gasteiger partial charge is 0.490 e. The fraction of sp³-hybridized carbons (Fsp3) is 0.310. The minimum atomic E-state index is -0.891. The molecule has 2 fully saturated rings. The number of rotatable bonds is 9. The van der Waals surface area contributed by atoms with E-state index in [1.165, 1.54) is 4.90 Å². The maximum atomic E-state index is 13.7. The smallest absolute Gasteiger partial charge is 0.262 e. The highest BCUT2D eigenvalue weighted by Gasteiger charge is 2.59. The van der Waals surface area contributed by atoms with Crippen LogP contribution in [0.5, 0.6) is 11.5 Å². The molecule has 5 rings (SSSR count). The zero-order valence-electron chi connectivity index (χ0n) is 20.5. The minimum absolute atomic E-state index is 0.223. The van der Waals surface area contributed by atoms with Crippen LogP contribution >= 0.6 is 0 Å². The molecule has 3 aromatic rings. The SMILES string of the molecule is CCCOc1ccc([C@H]2[C@H]3C(=O)N(Cc4ccccc4)C(=O)[C@@H]3ON2c2ccccc2)cc1OCC. The van der Waals surface area contributed by atoms with Crippen LogP contribution in [0.25, 0.3) is 0 Å². The van der Waals surface area contributed by atoms with Crippen molar-refractivity contribution < 1.29 is 23.9 Å².